The molecule has 0 atom stereocenters. The average molecular weight is 366 g/mol. The minimum absolute atomic E-state index is 0.0641. The van der Waals surface area contributed by atoms with Gasteiger partial charge >= 0.3 is 0 Å². The summed E-state index contributed by atoms with van der Waals surface area (Å²) >= 11 is 22.2. The van der Waals surface area contributed by atoms with Gasteiger partial charge < -0.3 is 4.74 Å². The van der Waals surface area contributed by atoms with Crippen LogP contribution in [0.3, 0.4) is 0 Å². The number of ether oxygens (including phenoxy) is 1. The first-order valence-corrected chi connectivity index (χ1v) is 7.17. The molecule has 0 saturated heterocycles. The number of carbonyl (C=O) groups excluding carboxylic acids is 1. The molecule has 10 heteroatoms. The van der Waals surface area contributed by atoms with E-state index in [1.165, 1.54) is 22.2 Å². The molecule has 0 N–H and O–H groups in total. The van der Waals surface area contributed by atoms with Gasteiger partial charge in [0.1, 0.15) is 6.61 Å². The van der Waals surface area contributed by atoms with Crippen LogP contribution in [-0.4, -0.2) is 37.4 Å². The first kappa shape index (κ1) is 16.1. The van der Waals surface area contributed by atoms with Crippen LogP contribution in [0.1, 0.15) is 16.2 Å². The first-order valence-electron chi connectivity index (χ1n) is 5.56. The van der Waals surface area contributed by atoms with Crippen molar-refractivity contribution in [2.75, 3.05) is 6.61 Å². The normalized spacial score (nSPS) is 10.4. The summed E-state index contributed by atoms with van der Waals surface area (Å²) in [4.78, 5) is 11.2. The minimum atomic E-state index is -0.690. The summed E-state index contributed by atoms with van der Waals surface area (Å²) in [5, 5.41) is 11.9. The molecule has 0 radical (unpaired) electrons. The van der Waals surface area contributed by atoms with Crippen molar-refractivity contribution in [3.05, 3.63) is 33.6 Å². The Morgan fingerprint density at radius 1 is 1.43 bits per heavy atom. The number of thiocarbonyl (C=S) groups is 1. The molecule has 1 heterocycles. The molecule has 6 nitrogen and oxygen atoms in total. The van der Waals surface area contributed by atoms with Gasteiger partial charge in [0.05, 0.1) is 22.2 Å². The van der Waals surface area contributed by atoms with E-state index in [1.54, 1.807) is 0 Å². The predicted molar refractivity (Wildman–Crippen MR) is 82.7 cm³/mol. The van der Waals surface area contributed by atoms with E-state index in [-0.39, 0.29) is 28.0 Å². The Morgan fingerprint density at radius 3 is 2.86 bits per heavy atom. The highest BCUT2D eigenvalue weighted by Gasteiger charge is 2.16. The quantitative estimate of drug-likeness (QED) is 0.579. The summed E-state index contributed by atoms with van der Waals surface area (Å²) in [7, 11) is 0. The van der Waals surface area contributed by atoms with Gasteiger partial charge in [0.25, 0.3) is 5.24 Å². The second-order valence-electron chi connectivity index (χ2n) is 3.74. The number of halogens is 3. The Balaban J connectivity index is 2.11. The summed E-state index contributed by atoms with van der Waals surface area (Å²) in [6, 6.07) is 2.91. The van der Waals surface area contributed by atoms with E-state index in [0.717, 1.165) is 0 Å². The highest BCUT2D eigenvalue weighted by atomic mass is 35.5. The van der Waals surface area contributed by atoms with E-state index < -0.39 is 5.24 Å². The van der Waals surface area contributed by atoms with Crippen LogP contribution in [0.2, 0.25) is 10.0 Å². The van der Waals surface area contributed by atoms with Crippen molar-refractivity contribution < 1.29 is 9.53 Å². The van der Waals surface area contributed by atoms with E-state index >= 15 is 0 Å². The Bertz CT molecular complexity index is 692. The van der Waals surface area contributed by atoms with E-state index in [2.05, 4.69) is 15.5 Å². The highest BCUT2D eigenvalue weighted by Crippen LogP contribution is 2.36. The Hall–Kier alpha value is -1.28. The fourth-order valence-corrected chi connectivity index (χ4v) is 2.45. The van der Waals surface area contributed by atoms with Crippen molar-refractivity contribution in [2.45, 2.75) is 6.54 Å². The largest absolute Gasteiger partial charge is 0.488 e. The van der Waals surface area contributed by atoms with Gasteiger partial charge in [0, 0.05) is 5.37 Å². The minimum Gasteiger partial charge on any atom is -0.488 e. The molecule has 2 aromatic rings. The molecular weight excluding hydrogens is 359 g/mol. The van der Waals surface area contributed by atoms with Crippen LogP contribution in [0.4, 0.5) is 0 Å². The van der Waals surface area contributed by atoms with Gasteiger partial charge in [-0.05, 0) is 34.2 Å². The van der Waals surface area contributed by atoms with Crippen molar-refractivity contribution in [3.63, 3.8) is 0 Å². The summed E-state index contributed by atoms with van der Waals surface area (Å²) in [5.41, 5.74) is 0.125. The van der Waals surface area contributed by atoms with Crippen LogP contribution < -0.4 is 4.74 Å². The molecule has 0 aliphatic rings. The van der Waals surface area contributed by atoms with Crippen molar-refractivity contribution >= 4 is 57.6 Å². The number of hydrogen-bond acceptors (Lipinski definition) is 6. The number of rotatable bonds is 6. The van der Waals surface area contributed by atoms with Crippen molar-refractivity contribution in [1.29, 1.82) is 0 Å². The molecule has 21 heavy (non-hydrogen) atoms. The zero-order chi connectivity index (χ0) is 15.4. The molecule has 1 aromatic heterocycles. The third-order valence-electron chi connectivity index (χ3n) is 2.48. The molecule has 0 unspecified atom stereocenters. The Morgan fingerprint density at radius 2 is 2.19 bits per heavy atom. The fourth-order valence-electron chi connectivity index (χ4n) is 1.51. The lowest BCUT2D eigenvalue weighted by atomic mass is 10.2. The maximum Gasteiger partial charge on any atom is 0.254 e. The predicted octanol–water partition coefficient (Wildman–Crippen LogP) is 2.79. The van der Waals surface area contributed by atoms with Crippen LogP contribution in [0, 0.1) is 0 Å². The van der Waals surface area contributed by atoms with E-state index in [1.807, 2.05) is 0 Å². The monoisotopic (exact) mass is 364 g/mol. The lowest BCUT2D eigenvalue weighted by Gasteiger charge is -2.11. The Kier molecular flexibility index (Phi) is 5.46. The molecule has 0 aliphatic heterocycles. The number of aromatic nitrogens is 4. The maximum absolute atomic E-state index is 11.2. The number of hydrogen-bond donors (Lipinski definition) is 0. The SMILES string of the molecule is O=C(Cl)c1ccc(Cl)c(OCCn2nnnc2C=S)c1Cl. The molecular formula is C11H7Cl3N4O2S. The van der Waals surface area contributed by atoms with Gasteiger partial charge in [-0.1, -0.05) is 35.4 Å². The van der Waals surface area contributed by atoms with Crippen LogP contribution in [-0.2, 0) is 6.54 Å². The van der Waals surface area contributed by atoms with Crippen LogP contribution in [0.15, 0.2) is 12.1 Å². The van der Waals surface area contributed by atoms with E-state index in [0.29, 0.717) is 12.4 Å². The third kappa shape index (κ3) is 3.68. The zero-order valence-electron chi connectivity index (χ0n) is 10.3. The smallest absolute Gasteiger partial charge is 0.254 e. The standard InChI is InChI=1S/C11H7Cl3N4O2S/c12-7-2-1-6(11(14)19)9(13)10(7)20-4-3-18-8(5-21)15-16-17-18/h1-2,5H,3-4H2. The maximum atomic E-state index is 11.2. The van der Waals surface area contributed by atoms with Crippen molar-refractivity contribution in [2.24, 2.45) is 0 Å². The third-order valence-corrected chi connectivity index (χ3v) is 3.56. The fraction of sp³-hybridized carbons (Fsp3) is 0.182. The molecule has 0 fully saturated rings. The average Bonchev–Trinajstić information content (AvgIpc) is 2.89. The van der Waals surface area contributed by atoms with Crippen LogP contribution in [0.5, 0.6) is 5.75 Å². The lowest BCUT2D eigenvalue weighted by Crippen LogP contribution is -2.12. The Labute approximate surface area is 139 Å². The number of tetrazole rings is 1. The van der Waals surface area contributed by atoms with Gasteiger partial charge in [0.2, 0.25) is 0 Å². The first-order chi connectivity index (χ1) is 10.0. The number of benzene rings is 1. The highest BCUT2D eigenvalue weighted by molar-refractivity contribution is 7.79. The van der Waals surface area contributed by atoms with Gasteiger partial charge in [-0.25, -0.2) is 4.68 Å². The molecule has 0 spiro atoms. The summed E-state index contributed by atoms with van der Waals surface area (Å²) < 4.78 is 6.96. The molecule has 2 rings (SSSR count). The summed E-state index contributed by atoms with van der Waals surface area (Å²) in [5.74, 6) is 0.622. The second kappa shape index (κ2) is 7.13. The zero-order valence-corrected chi connectivity index (χ0v) is 13.4. The summed E-state index contributed by atoms with van der Waals surface area (Å²) in [6.07, 6.45) is 0. The lowest BCUT2D eigenvalue weighted by molar-refractivity contribution is 0.108. The molecule has 0 aliphatic carbocycles. The molecule has 1 aromatic carbocycles. The molecule has 0 amide bonds. The molecule has 0 saturated carbocycles. The topological polar surface area (TPSA) is 69.9 Å². The molecule has 0 bridgehead atoms. The van der Waals surface area contributed by atoms with Gasteiger partial charge in [-0.15, -0.1) is 5.10 Å². The van der Waals surface area contributed by atoms with Crippen molar-refractivity contribution in [3.8, 4) is 5.75 Å². The van der Waals surface area contributed by atoms with Crippen LogP contribution >= 0.6 is 47.0 Å². The van der Waals surface area contributed by atoms with Crippen LogP contribution in [0.25, 0.3) is 0 Å². The van der Waals surface area contributed by atoms with Crippen molar-refractivity contribution in [1.82, 2.24) is 20.2 Å². The van der Waals surface area contributed by atoms with Gasteiger partial charge in [0.15, 0.2) is 11.6 Å². The summed E-state index contributed by atoms with van der Waals surface area (Å²) in [6.45, 7) is 0.516. The van der Waals surface area contributed by atoms with E-state index in [4.69, 9.17) is 51.8 Å². The number of carbonyl (C=O) groups is 1. The number of nitrogens with zero attached hydrogens (tertiary/aromatic N) is 4. The second-order valence-corrected chi connectivity index (χ2v) is 5.10. The van der Waals surface area contributed by atoms with Gasteiger partial charge in [-0.2, -0.15) is 0 Å². The van der Waals surface area contributed by atoms with Gasteiger partial charge in [-0.3, -0.25) is 4.79 Å². The van der Waals surface area contributed by atoms with E-state index in [9.17, 15) is 4.79 Å². The molecule has 110 valence electrons.